The minimum atomic E-state index is -3.46. The molecule has 8 heteroatoms. The van der Waals surface area contributed by atoms with Crippen molar-refractivity contribution >= 4 is 37.5 Å². The van der Waals surface area contributed by atoms with Gasteiger partial charge in [-0.25, -0.2) is 18.1 Å². The number of aromatic nitrogens is 1. The zero-order valence-electron chi connectivity index (χ0n) is 17.5. The number of benzene rings is 2. The number of carbonyl (C=O) groups excluding carboxylic acids is 1. The smallest absolute Gasteiger partial charge is 0.240 e. The molecule has 0 saturated heterocycles. The molecule has 32 heavy (non-hydrogen) atoms. The summed E-state index contributed by atoms with van der Waals surface area (Å²) in [5.74, 6) is -0.0907. The lowest BCUT2D eigenvalue weighted by molar-refractivity contribution is -0.125. The summed E-state index contributed by atoms with van der Waals surface area (Å²) >= 11 is 1.66. The summed E-state index contributed by atoms with van der Waals surface area (Å²) in [6.45, 7) is 0.363. The third-order valence-electron chi connectivity index (χ3n) is 6.00. The van der Waals surface area contributed by atoms with Crippen LogP contribution >= 0.6 is 11.3 Å². The summed E-state index contributed by atoms with van der Waals surface area (Å²) in [5, 5.41) is 4.05. The normalized spacial score (nSPS) is 21.0. The Bertz CT molecular complexity index is 1230. The lowest BCUT2D eigenvalue weighted by atomic mass is 9.82. The van der Waals surface area contributed by atoms with Crippen molar-refractivity contribution in [2.75, 3.05) is 0 Å². The number of fused-ring (bicyclic) bond motifs is 1. The molecule has 0 spiro atoms. The molecule has 2 N–H and O–H groups in total. The molecule has 1 heterocycles. The van der Waals surface area contributed by atoms with Crippen LogP contribution < -0.4 is 10.0 Å². The number of hydrogen-bond donors (Lipinski definition) is 2. The van der Waals surface area contributed by atoms with Crippen LogP contribution in [-0.4, -0.2) is 25.4 Å². The van der Waals surface area contributed by atoms with Gasteiger partial charge in [-0.05, 0) is 55.5 Å². The molecule has 2 unspecified atom stereocenters. The fourth-order valence-electron chi connectivity index (χ4n) is 4.02. The van der Waals surface area contributed by atoms with Gasteiger partial charge in [0.25, 0.3) is 0 Å². The first-order valence-electron chi connectivity index (χ1n) is 10.9. The van der Waals surface area contributed by atoms with E-state index < -0.39 is 10.0 Å². The highest BCUT2D eigenvalue weighted by Gasteiger charge is 2.32. The van der Waals surface area contributed by atoms with Crippen LogP contribution in [-0.2, 0) is 21.4 Å². The molecular weight excluding hydrogens is 442 g/mol. The van der Waals surface area contributed by atoms with Crippen LogP contribution in [0.4, 0.5) is 0 Å². The maximum atomic E-state index is 13.1. The Morgan fingerprint density at radius 2 is 1.78 bits per heavy atom. The number of carbonyl (C=O) groups is 1. The maximum absolute atomic E-state index is 13.1. The number of hydrogen-bond acceptors (Lipinski definition) is 5. The minimum absolute atomic E-state index is 0.00528. The summed E-state index contributed by atoms with van der Waals surface area (Å²) < 4.78 is 28.4. The fraction of sp³-hybridized carbons (Fsp3) is 0.333. The Balaban J connectivity index is 1.25. The third kappa shape index (κ3) is 4.62. The van der Waals surface area contributed by atoms with Gasteiger partial charge < -0.3 is 5.32 Å². The molecule has 166 valence electrons. The lowest BCUT2D eigenvalue weighted by Gasteiger charge is -2.26. The van der Waals surface area contributed by atoms with Crippen molar-refractivity contribution < 1.29 is 13.2 Å². The molecule has 1 saturated carbocycles. The summed E-state index contributed by atoms with van der Waals surface area (Å²) in [5.41, 5.74) is 1.85. The summed E-state index contributed by atoms with van der Waals surface area (Å²) in [7, 11) is -3.46. The number of nitrogens with zero attached hydrogens (tertiary/aromatic N) is 1. The highest BCUT2D eigenvalue weighted by molar-refractivity contribution is 7.89. The van der Waals surface area contributed by atoms with E-state index in [1.165, 1.54) is 0 Å². The van der Waals surface area contributed by atoms with Gasteiger partial charge in [0, 0.05) is 18.5 Å². The summed E-state index contributed by atoms with van der Waals surface area (Å²) in [6, 6.07) is 14.8. The van der Waals surface area contributed by atoms with Crippen molar-refractivity contribution in [2.24, 2.45) is 5.92 Å². The predicted octanol–water partition coefficient (Wildman–Crippen LogP) is 4.10. The molecule has 1 aromatic heterocycles. The second-order valence-corrected chi connectivity index (χ2v) is 11.2. The van der Waals surface area contributed by atoms with Crippen LogP contribution in [0.1, 0.15) is 42.2 Å². The highest BCUT2D eigenvalue weighted by Crippen LogP contribution is 2.38. The number of sulfonamides is 1. The Kier molecular flexibility index (Phi) is 5.84. The number of rotatable bonds is 7. The monoisotopic (exact) mass is 467 g/mol. The van der Waals surface area contributed by atoms with E-state index in [-0.39, 0.29) is 28.7 Å². The van der Waals surface area contributed by atoms with Crippen molar-refractivity contribution in [2.45, 2.75) is 49.1 Å². The quantitative estimate of drug-likeness (QED) is 0.512. The molecule has 0 radical (unpaired) electrons. The Labute approximate surface area is 191 Å². The number of allylic oxidation sites excluding steroid dienone is 2. The van der Waals surface area contributed by atoms with E-state index in [0.717, 1.165) is 40.1 Å². The Morgan fingerprint density at radius 3 is 2.53 bits per heavy atom. The van der Waals surface area contributed by atoms with Gasteiger partial charge in [0.1, 0.15) is 0 Å². The van der Waals surface area contributed by atoms with Gasteiger partial charge in [0.15, 0.2) is 0 Å². The number of para-hydroxylation sites is 1. The van der Waals surface area contributed by atoms with E-state index in [1.807, 2.05) is 18.2 Å². The molecule has 2 aliphatic rings. The molecule has 0 aliphatic heterocycles. The first-order chi connectivity index (χ1) is 15.5. The first-order valence-corrected chi connectivity index (χ1v) is 13.2. The van der Waals surface area contributed by atoms with Gasteiger partial charge in [-0.15, -0.1) is 11.3 Å². The van der Waals surface area contributed by atoms with Gasteiger partial charge >= 0.3 is 0 Å². The molecule has 2 aliphatic carbocycles. The van der Waals surface area contributed by atoms with Crippen LogP contribution in [0.2, 0.25) is 0 Å². The SMILES string of the molecule is O=C(NCc1ccc(S(=O)(=O)NC2CC2)cc1)C1CC=CCC1c1nc2ccccc2s1. The van der Waals surface area contributed by atoms with Gasteiger partial charge in [-0.2, -0.15) is 0 Å². The van der Waals surface area contributed by atoms with Crippen LogP contribution in [0.25, 0.3) is 10.2 Å². The molecule has 1 fully saturated rings. The first kappa shape index (κ1) is 21.3. The van der Waals surface area contributed by atoms with Crippen LogP contribution in [0.5, 0.6) is 0 Å². The molecule has 2 aromatic carbocycles. The Hall–Kier alpha value is -2.55. The fourth-order valence-corrected chi connectivity index (χ4v) is 6.47. The maximum Gasteiger partial charge on any atom is 0.240 e. The highest BCUT2D eigenvalue weighted by atomic mass is 32.2. The average Bonchev–Trinajstić information content (AvgIpc) is 3.50. The van der Waals surface area contributed by atoms with Crippen LogP contribution in [0.15, 0.2) is 65.6 Å². The van der Waals surface area contributed by atoms with Crippen molar-refractivity contribution in [3.05, 3.63) is 71.3 Å². The zero-order chi connectivity index (χ0) is 22.1. The van der Waals surface area contributed by atoms with E-state index in [9.17, 15) is 13.2 Å². The van der Waals surface area contributed by atoms with Gasteiger partial charge in [0.2, 0.25) is 15.9 Å². The second-order valence-electron chi connectivity index (χ2n) is 8.43. The van der Waals surface area contributed by atoms with Crippen LogP contribution in [0.3, 0.4) is 0 Å². The molecule has 5 rings (SSSR count). The van der Waals surface area contributed by atoms with Crippen molar-refractivity contribution in [3.8, 4) is 0 Å². The summed E-state index contributed by atoms with van der Waals surface area (Å²) in [6.07, 6.45) is 7.50. The van der Waals surface area contributed by atoms with Crippen LogP contribution in [0, 0.1) is 5.92 Å². The topological polar surface area (TPSA) is 88.2 Å². The van der Waals surface area contributed by atoms with Gasteiger partial charge in [0.05, 0.1) is 26.0 Å². The molecular formula is C24H25N3O3S2. The van der Waals surface area contributed by atoms with Gasteiger partial charge in [-0.3, -0.25) is 4.79 Å². The molecule has 2 atom stereocenters. The number of amides is 1. The molecule has 1 amide bonds. The molecule has 0 bridgehead atoms. The third-order valence-corrected chi connectivity index (χ3v) is 8.70. The van der Waals surface area contributed by atoms with E-state index in [0.29, 0.717) is 13.0 Å². The number of nitrogens with one attached hydrogen (secondary N) is 2. The van der Waals surface area contributed by atoms with E-state index in [4.69, 9.17) is 4.98 Å². The lowest BCUT2D eigenvalue weighted by Crippen LogP contribution is -2.34. The van der Waals surface area contributed by atoms with Crippen molar-refractivity contribution in [3.63, 3.8) is 0 Å². The molecule has 3 aromatic rings. The second kappa shape index (κ2) is 8.77. The average molecular weight is 468 g/mol. The Morgan fingerprint density at radius 1 is 1.03 bits per heavy atom. The van der Waals surface area contributed by atoms with Crippen molar-refractivity contribution in [1.29, 1.82) is 0 Å². The largest absolute Gasteiger partial charge is 0.352 e. The standard InChI is InChI=1S/C24H25N3O3S2/c28-23(25-15-16-9-13-18(14-10-16)32(29,30)27-17-11-12-17)19-5-1-2-6-20(19)24-26-21-7-3-4-8-22(21)31-24/h1-4,7-10,13-14,17,19-20,27H,5-6,11-12,15H2,(H,25,28). The van der Waals surface area contributed by atoms with E-state index >= 15 is 0 Å². The minimum Gasteiger partial charge on any atom is -0.352 e. The van der Waals surface area contributed by atoms with Crippen molar-refractivity contribution in [1.82, 2.24) is 15.0 Å². The van der Waals surface area contributed by atoms with E-state index in [1.54, 1.807) is 35.6 Å². The molecule has 6 nitrogen and oxygen atoms in total. The van der Waals surface area contributed by atoms with E-state index in [2.05, 4.69) is 28.3 Å². The van der Waals surface area contributed by atoms with Gasteiger partial charge in [-0.1, -0.05) is 36.4 Å². The zero-order valence-corrected chi connectivity index (χ0v) is 19.2. The predicted molar refractivity (Wildman–Crippen MR) is 126 cm³/mol. The summed E-state index contributed by atoms with van der Waals surface area (Å²) in [4.78, 5) is 18.1. The number of thiazole rings is 1.